The molecule has 4 heterocycles. The summed E-state index contributed by atoms with van der Waals surface area (Å²) >= 11 is 6.76. The van der Waals surface area contributed by atoms with E-state index in [-0.39, 0.29) is 5.69 Å². The summed E-state index contributed by atoms with van der Waals surface area (Å²) in [6, 6.07) is 15.6. The van der Waals surface area contributed by atoms with Gasteiger partial charge in [0.25, 0.3) is 0 Å². The van der Waals surface area contributed by atoms with Gasteiger partial charge in [-0.1, -0.05) is 48.0 Å². The van der Waals surface area contributed by atoms with Crippen molar-refractivity contribution in [2.24, 2.45) is 12.8 Å². The van der Waals surface area contributed by atoms with Crippen molar-refractivity contribution >= 4 is 45.6 Å². The van der Waals surface area contributed by atoms with Crippen LogP contribution in [0.1, 0.15) is 24.1 Å². The lowest BCUT2D eigenvalue weighted by molar-refractivity contribution is -0.00679. The van der Waals surface area contributed by atoms with Crippen molar-refractivity contribution in [1.29, 1.82) is 5.26 Å². The number of amides is 1. The first kappa shape index (κ1) is 23.8. The number of hydrogen-bond donors (Lipinski definition) is 2. The van der Waals surface area contributed by atoms with Crippen LogP contribution in [0.2, 0.25) is 5.02 Å². The number of primary amides is 1. The molecular weight excluding hydrogens is 504 g/mol. The zero-order valence-corrected chi connectivity index (χ0v) is 21.2. The maximum Gasteiger partial charge on any atom is 0.405 e. The Morgan fingerprint density at radius 3 is 2.63 bits per heavy atom. The van der Waals surface area contributed by atoms with E-state index in [9.17, 15) is 10.1 Å². The molecule has 1 aliphatic heterocycles. The van der Waals surface area contributed by atoms with Crippen molar-refractivity contribution in [2.45, 2.75) is 18.4 Å². The van der Waals surface area contributed by atoms with Gasteiger partial charge in [0, 0.05) is 61.9 Å². The fourth-order valence-corrected chi connectivity index (χ4v) is 5.60. The van der Waals surface area contributed by atoms with Gasteiger partial charge in [0.15, 0.2) is 5.69 Å². The fraction of sp³-hybridized carbons (Fsp3) is 0.222. The van der Waals surface area contributed by atoms with Crippen LogP contribution in [0.4, 0.5) is 10.7 Å². The predicted octanol–water partition coefficient (Wildman–Crippen LogP) is 4.63. The average Bonchev–Trinajstić information content (AvgIpc) is 3.52. The number of aromatic nitrogens is 5. The van der Waals surface area contributed by atoms with Crippen LogP contribution in [0.5, 0.6) is 0 Å². The minimum Gasteiger partial charge on any atom is -0.438 e. The first-order valence-corrected chi connectivity index (χ1v) is 12.5. The Balaban J connectivity index is 1.35. The van der Waals surface area contributed by atoms with Crippen molar-refractivity contribution in [1.82, 2.24) is 24.7 Å². The van der Waals surface area contributed by atoms with E-state index in [2.05, 4.69) is 21.1 Å². The summed E-state index contributed by atoms with van der Waals surface area (Å²) < 4.78 is 7.37. The molecule has 3 N–H and O–H groups in total. The molecule has 2 aromatic carbocycles. The van der Waals surface area contributed by atoms with Gasteiger partial charge in [0.05, 0.1) is 15.9 Å². The second-order valence-electron chi connectivity index (χ2n) is 9.34. The summed E-state index contributed by atoms with van der Waals surface area (Å²) in [5.41, 5.74) is 8.58. The molecule has 6 rings (SSSR count). The molecule has 1 saturated heterocycles. The normalized spacial score (nSPS) is 15.0. The number of nitriles is 1. The van der Waals surface area contributed by atoms with Crippen molar-refractivity contribution < 1.29 is 9.53 Å². The number of fused-ring (bicyclic) bond motifs is 2. The topological polar surface area (TPSA) is 139 Å². The van der Waals surface area contributed by atoms with Crippen molar-refractivity contribution in [3.05, 3.63) is 71.1 Å². The quantitative estimate of drug-likeness (QED) is 0.348. The molecule has 1 amide bonds. The van der Waals surface area contributed by atoms with E-state index >= 15 is 0 Å². The maximum atomic E-state index is 11.8. The van der Waals surface area contributed by atoms with Gasteiger partial charge in [0.1, 0.15) is 17.3 Å². The molecule has 0 atom stereocenters. The maximum absolute atomic E-state index is 11.8. The first-order chi connectivity index (χ1) is 18.4. The molecule has 0 radical (unpaired) electrons. The number of aryl methyl sites for hydroxylation is 1. The molecule has 1 fully saturated rings. The lowest BCUT2D eigenvalue weighted by Crippen LogP contribution is -2.46. The number of halogens is 1. The highest BCUT2D eigenvalue weighted by molar-refractivity contribution is 6.38. The third-order valence-corrected chi connectivity index (χ3v) is 7.51. The van der Waals surface area contributed by atoms with Gasteiger partial charge in [-0.15, -0.1) is 0 Å². The Morgan fingerprint density at radius 1 is 1.16 bits per heavy atom. The molecular formula is C27H23ClN8O2. The van der Waals surface area contributed by atoms with E-state index in [0.29, 0.717) is 47.9 Å². The number of rotatable bonds is 4. The number of carbonyl (C=O) groups excluding carboxylic acids is 1. The molecule has 0 saturated carbocycles. The summed E-state index contributed by atoms with van der Waals surface area (Å²) in [5, 5.41) is 16.4. The van der Waals surface area contributed by atoms with Gasteiger partial charge in [-0.05, 0) is 11.6 Å². The minimum atomic E-state index is -0.826. The molecule has 5 aromatic rings. The highest BCUT2D eigenvalue weighted by atomic mass is 35.5. The van der Waals surface area contributed by atoms with Crippen molar-refractivity contribution in [2.75, 3.05) is 18.0 Å². The molecule has 3 aromatic heterocycles. The molecule has 0 spiro atoms. The smallest absolute Gasteiger partial charge is 0.405 e. The van der Waals surface area contributed by atoms with E-state index in [1.807, 2.05) is 60.6 Å². The number of piperidine rings is 1. The van der Waals surface area contributed by atoms with Crippen molar-refractivity contribution in [3.63, 3.8) is 0 Å². The SMILES string of the molecule is Cn1cc2c(Cl)c(-c3c[nH]c4nc(N5CCC(OC(N)=O)(c6ccccc6)CC5)nc(C#N)c34)ccc2n1. The molecule has 0 bridgehead atoms. The number of ether oxygens (including phenoxy) is 1. The Hall–Kier alpha value is -4.62. The van der Waals surface area contributed by atoms with E-state index in [4.69, 9.17) is 27.1 Å². The van der Waals surface area contributed by atoms with Crippen LogP contribution in [0.3, 0.4) is 0 Å². The van der Waals surface area contributed by atoms with Gasteiger partial charge < -0.3 is 20.4 Å². The third-order valence-electron chi connectivity index (χ3n) is 7.10. The van der Waals surface area contributed by atoms with E-state index in [0.717, 1.165) is 27.6 Å². The van der Waals surface area contributed by atoms with Gasteiger partial charge in [-0.3, -0.25) is 4.68 Å². The van der Waals surface area contributed by atoms with Gasteiger partial charge in [0.2, 0.25) is 5.95 Å². The number of aromatic amines is 1. The highest BCUT2D eigenvalue weighted by Gasteiger charge is 2.40. The summed E-state index contributed by atoms with van der Waals surface area (Å²) in [6.45, 7) is 1.02. The van der Waals surface area contributed by atoms with Crippen LogP contribution in [-0.4, -0.2) is 43.9 Å². The van der Waals surface area contributed by atoms with Crippen LogP contribution < -0.4 is 10.6 Å². The van der Waals surface area contributed by atoms with Crippen LogP contribution in [0.15, 0.2) is 54.9 Å². The molecule has 1 aliphatic rings. The molecule has 0 aliphatic carbocycles. The van der Waals surface area contributed by atoms with Gasteiger partial charge in [-0.2, -0.15) is 15.3 Å². The molecule has 190 valence electrons. The number of anilines is 1. The average molecular weight is 527 g/mol. The van der Waals surface area contributed by atoms with Crippen LogP contribution in [0, 0.1) is 11.3 Å². The van der Waals surface area contributed by atoms with E-state index in [1.54, 1.807) is 10.9 Å². The predicted molar refractivity (Wildman–Crippen MR) is 144 cm³/mol. The number of nitrogens with two attached hydrogens (primary N) is 1. The lowest BCUT2D eigenvalue weighted by atomic mass is 9.84. The molecule has 10 nitrogen and oxygen atoms in total. The number of benzene rings is 2. The van der Waals surface area contributed by atoms with E-state index in [1.165, 1.54) is 0 Å². The monoisotopic (exact) mass is 526 g/mol. The first-order valence-electron chi connectivity index (χ1n) is 12.1. The Labute approximate surface area is 222 Å². The van der Waals surface area contributed by atoms with Crippen molar-refractivity contribution in [3.8, 4) is 17.2 Å². The number of carbonyl (C=O) groups is 1. The molecule has 0 unspecified atom stereocenters. The zero-order chi connectivity index (χ0) is 26.4. The van der Waals surface area contributed by atoms with E-state index < -0.39 is 11.7 Å². The second-order valence-corrected chi connectivity index (χ2v) is 9.72. The molecule has 38 heavy (non-hydrogen) atoms. The largest absolute Gasteiger partial charge is 0.438 e. The van der Waals surface area contributed by atoms with Gasteiger partial charge in [-0.25, -0.2) is 9.78 Å². The van der Waals surface area contributed by atoms with Crippen LogP contribution in [-0.2, 0) is 17.4 Å². The Kier molecular flexibility index (Phi) is 5.65. The lowest BCUT2D eigenvalue weighted by Gasteiger charge is -2.41. The standard InChI is InChI=1S/C27H23ClN8O2/c1-35-15-19-20(34-35)8-7-17(23(19)28)18-14-31-24-22(18)21(13-29)32-26(33-24)36-11-9-27(10-12-36,38-25(30)37)16-5-3-2-4-6-16/h2-8,14-15H,9-12H2,1H3,(H2,30,37)(H,31,32,33). The summed E-state index contributed by atoms with van der Waals surface area (Å²) in [6.07, 6.45) is 3.85. The fourth-order valence-electron chi connectivity index (χ4n) is 5.29. The summed E-state index contributed by atoms with van der Waals surface area (Å²) in [4.78, 5) is 26.3. The number of nitrogens with one attached hydrogen (secondary N) is 1. The minimum absolute atomic E-state index is 0.247. The highest BCUT2D eigenvalue weighted by Crippen LogP contribution is 2.40. The van der Waals surface area contributed by atoms with Crippen LogP contribution >= 0.6 is 11.6 Å². The summed E-state index contributed by atoms with van der Waals surface area (Å²) in [7, 11) is 1.84. The third kappa shape index (κ3) is 3.88. The molecule has 11 heteroatoms. The number of H-pyrrole nitrogens is 1. The Morgan fingerprint density at radius 2 is 1.92 bits per heavy atom. The number of nitrogens with zero attached hydrogens (tertiary/aromatic N) is 6. The summed E-state index contributed by atoms with van der Waals surface area (Å²) in [5.74, 6) is 0.428. The second kappa shape index (κ2) is 9.04. The van der Waals surface area contributed by atoms with Gasteiger partial charge >= 0.3 is 6.09 Å². The zero-order valence-electron chi connectivity index (χ0n) is 20.5. The Bertz CT molecular complexity index is 1730. The number of hydrogen-bond acceptors (Lipinski definition) is 7. The van der Waals surface area contributed by atoms with Crippen LogP contribution in [0.25, 0.3) is 33.1 Å².